The predicted molar refractivity (Wildman–Crippen MR) is 153 cm³/mol. The lowest BCUT2D eigenvalue weighted by molar-refractivity contribution is 0.0979. The molecule has 0 saturated heterocycles. The zero-order valence-electron chi connectivity index (χ0n) is 21.2. The molecule has 0 bridgehead atoms. The Morgan fingerprint density at radius 3 is 2.38 bits per heavy atom. The summed E-state index contributed by atoms with van der Waals surface area (Å²) in [5.74, 6) is -0.624. The van der Waals surface area contributed by atoms with Crippen molar-refractivity contribution in [3.63, 3.8) is 0 Å². The molecule has 3 aromatic rings. The van der Waals surface area contributed by atoms with Gasteiger partial charge in [-0.3, -0.25) is 4.79 Å². The number of aliphatic hydroxyl groups excluding tert-OH is 1. The Labute approximate surface area is 228 Å². The molecule has 0 aliphatic carbocycles. The average molecular weight is 561 g/mol. The third-order valence-electron chi connectivity index (χ3n) is 5.54. The van der Waals surface area contributed by atoms with Crippen molar-refractivity contribution in [2.24, 2.45) is 0 Å². The molecule has 0 aromatic heterocycles. The maximum atomic E-state index is 12.5. The van der Waals surface area contributed by atoms with Crippen LogP contribution in [0.15, 0.2) is 71.6 Å². The Bertz CT molecular complexity index is 1310. The van der Waals surface area contributed by atoms with Gasteiger partial charge < -0.3 is 10.4 Å². The smallest absolute Gasteiger partial charge is 0.265 e. The standard InChI is InChI=1S/C28H33ClN2O4S2/c1-19(2)36-27-17-22(13-14-25(27)28(33)31-37(3,34)35)21-11-9-20(10-12-21)6-5-15-30-18-26(32)23-7-4-8-24(29)16-23/h4,7-14,16-17,19,26,30,32H,5-6,15,18H2,1-3H3,(H,31,33). The van der Waals surface area contributed by atoms with Crippen molar-refractivity contribution in [1.29, 1.82) is 0 Å². The third-order valence-corrected chi connectivity index (χ3v) is 7.40. The number of carbonyl (C=O) groups is 1. The molecule has 3 aromatic carbocycles. The van der Waals surface area contributed by atoms with Crippen LogP contribution in [0.1, 0.15) is 47.9 Å². The molecule has 0 saturated carbocycles. The quantitative estimate of drug-likeness (QED) is 0.201. The normalized spacial score (nSPS) is 12.5. The second-order valence-electron chi connectivity index (χ2n) is 9.16. The van der Waals surface area contributed by atoms with E-state index in [2.05, 4.69) is 34.3 Å². The zero-order chi connectivity index (χ0) is 27.0. The molecule has 0 aliphatic heterocycles. The van der Waals surface area contributed by atoms with Crippen molar-refractivity contribution < 1.29 is 18.3 Å². The van der Waals surface area contributed by atoms with Crippen LogP contribution in [0.2, 0.25) is 5.02 Å². The highest BCUT2D eigenvalue weighted by molar-refractivity contribution is 8.00. The Morgan fingerprint density at radius 1 is 1.03 bits per heavy atom. The van der Waals surface area contributed by atoms with E-state index in [1.807, 2.05) is 38.1 Å². The van der Waals surface area contributed by atoms with Gasteiger partial charge in [-0.15, -0.1) is 11.8 Å². The van der Waals surface area contributed by atoms with Crippen LogP contribution >= 0.6 is 23.4 Å². The van der Waals surface area contributed by atoms with E-state index in [4.69, 9.17) is 11.6 Å². The Balaban J connectivity index is 1.57. The van der Waals surface area contributed by atoms with E-state index in [0.29, 0.717) is 17.1 Å². The minimum absolute atomic E-state index is 0.225. The van der Waals surface area contributed by atoms with E-state index in [-0.39, 0.29) is 5.25 Å². The maximum absolute atomic E-state index is 12.5. The van der Waals surface area contributed by atoms with Crippen LogP contribution in [0.5, 0.6) is 0 Å². The molecule has 1 atom stereocenters. The first-order valence-electron chi connectivity index (χ1n) is 12.1. The van der Waals surface area contributed by atoms with Crippen LogP contribution < -0.4 is 10.0 Å². The number of halogens is 1. The lowest BCUT2D eigenvalue weighted by Crippen LogP contribution is -2.29. The number of benzene rings is 3. The lowest BCUT2D eigenvalue weighted by Gasteiger charge is -2.14. The van der Waals surface area contributed by atoms with Crippen molar-refractivity contribution in [3.05, 3.63) is 88.4 Å². The number of thioether (sulfide) groups is 1. The molecule has 9 heteroatoms. The van der Waals surface area contributed by atoms with Crippen molar-refractivity contribution >= 4 is 39.3 Å². The summed E-state index contributed by atoms with van der Waals surface area (Å²) < 4.78 is 25.1. The number of carbonyl (C=O) groups excluding carboxylic acids is 1. The number of aliphatic hydroxyl groups is 1. The van der Waals surface area contributed by atoms with Gasteiger partial charge in [-0.25, -0.2) is 13.1 Å². The molecule has 198 valence electrons. The average Bonchev–Trinajstić information content (AvgIpc) is 2.82. The van der Waals surface area contributed by atoms with Crippen LogP contribution in [0, 0.1) is 0 Å². The Hall–Kier alpha value is -2.36. The molecular formula is C28H33ClN2O4S2. The van der Waals surface area contributed by atoms with Gasteiger partial charge in [0.05, 0.1) is 17.9 Å². The highest BCUT2D eigenvalue weighted by Crippen LogP contribution is 2.32. The number of hydrogen-bond acceptors (Lipinski definition) is 6. The SMILES string of the molecule is CC(C)Sc1cc(-c2ccc(CCCNCC(O)c3cccc(Cl)c3)cc2)ccc1C(=O)NS(C)(=O)=O. The van der Waals surface area contributed by atoms with Gasteiger partial charge in [-0.05, 0) is 65.9 Å². The van der Waals surface area contributed by atoms with E-state index in [1.165, 1.54) is 17.3 Å². The van der Waals surface area contributed by atoms with E-state index in [1.54, 1.807) is 18.2 Å². The molecule has 0 heterocycles. The van der Waals surface area contributed by atoms with Gasteiger partial charge in [0.2, 0.25) is 10.0 Å². The molecule has 0 fully saturated rings. The number of amides is 1. The third kappa shape index (κ3) is 9.47. The van der Waals surface area contributed by atoms with E-state index in [0.717, 1.165) is 47.2 Å². The van der Waals surface area contributed by atoms with Crippen molar-refractivity contribution in [1.82, 2.24) is 10.0 Å². The maximum Gasteiger partial charge on any atom is 0.265 e. The second-order valence-corrected chi connectivity index (χ2v) is 13.0. The van der Waals surface area contributed by atoms with Gasteiger partial charge in [0.25, 0.3) is 5.91 Å². The van der Waals surface area contributed by atoms with Gasteiger partial charge >= 0.3 is 0 Å². The number of rotatable bonds is 12. The first kappa shape index (κ1) is 29.2. The van der Waals surface area contributed by atoms with Crippen LogP contribution in [0.4, 0.5) is 0 Å². The largest absolute Gasteiger partial charge is 0.387 e. The van der Waals surface area contributed by atoms with Crippen molar-refractivity contribution in [3.8, 4) is 11.1 Å². The van der Waals surface area contributed by atoms with Crippen LogP contribution in [0.25, 0.3) is 11.1 Å². The van der Waals surface area contributed by atoms with Crippen LogP contribution in [-0.4, -0.2) is 44.0 Å². The first-order chi connectivity index (χ1) is 17.5. The first-order valence-corrected chi connectivity index (χ1v) is 15.2. The monoisotopic (exact) mass is 560 g/mol. The number of sulfonamides is 1. The number of nitrogens with one attached hydrogen (secondary N) is 2. The fourth-order valence-electron chi connectivity index (χ4n) is 3.82. The van der Waals surface area contributed by atoms with E-state index in [9.17, 15) is 18.3 Å². The molecule has 3 rings (SSSR count). The van der Waals surface area contributed by atoms with Gasteiger partial charge in [-0.2, -0.15) is 0 Å². The molecule has 1 amide bonds. The fourth-order valence-corrected chi connectivity index (χ4v) is 5.45. The van der Waals surface area contributed by atoms with Gasteiger partial charge in [0.1, 0.15) is 0 Å². The van der Waals surface area contributed by atoms with Crippen molar-refractivity contribution in [2.45, 2.75) is 42.9 Å². The molecular weight excluding hydrogens is 528 g/mol. The molecule has 0 spiro atoms. The van der Waals surface area contributed by atoms with Crippen LogP contribution in [0.3, 0.4) is 0 Å². The molecule has 0 radical (unpaired) electrons. The number of aryl methyl sites for hydroxylation is 1. The van der Waals surface area contributed by atoms with Gasteiger partial charge in [0, 0.05) is 21.7 Å². The molecule has 3 N–H and O–H groups in total. The summed E-state index contributed by atoms with van der Waals surface area (Å²) in [6.07, 6.45) is 2.21. The summed E-state index contributed by atoms with van der Waals surface area (Å²) in [5.41, 5.74) is 4.34. The second kappa shape index (κ2) is 13.4. The molecule has 1 unspecified atom stereocenters. The highest BCUT2D eigenvalue weighted by Gasteiger charge is 2.17. The fraction of sp³-hybridized carbons (Fsp3) is 0.321. The summed E-state index contributed by atoms with van der Waals surface area (Å²) in [6.45, 7) is 5.30. The Morgan fingerprint density at radius 2 is 1.73 bits per heavy atom. The summed E-state index contributed by atoms with van der Waals surface area (Å²) in [5, 5.41) is 14.4. The van der Waals surface area contributed by atoms with Gasteiger partial charge in [0.15, 0.2) is 0 Å². The summed E-state index contributed by atoms with van der Waals surface area (Å²) in [6, 6.07) is 21.0. The predicted octanol–water partition coefficient (Wildman–Crippen LogP) is 5.45. The lowest BCUT2D eigenvalue weighted by atomic mass is 10.0. The van der Waals surface area contributed by atoms with Crippen LogP contribution in [-0.2, 0) is 16.4 Å². The summed E-state index contributed by atoms with van der Waals surface area (Å²) in [4.78, 5) is 13.2. The zero-order valence-corrected chi connectivity index (χ0v) is 23.6. The van der Waals surface area contributed by atoms with E-state index >= 15 is 0 Å². The topological polar surface area (TPSA) is 95.5 Å². The molecule has 0 aliphatic rings. The number of hydrogen-bond donors (Lipinski definition) is 3. The summed E-state index contributed by atoms with van der Waals surface area (Å²) >= 11 is 7.51. The Kier molecular flexibility index (Phi) is 10.6. The minimum Gasteiger partial charge on any atom is -0.387 e. The minimum atomic E-state index is -3.64. The summed E-state index contributed by atoms with van der Waals surface area (Å²) in [7, 11) is -3.64. The highest BCUT2D eigenvalue weighted by atomic mass is 35.5. The van der Waals surface area contributed by atoms with Gasteiger partial charge in [-0.1, -0.05) is 67.9 Å². The van der Waals surface area contributed by atoms with Crippen molar-refractivity contribution in [2.75, 3.05) is 19.3 Å². The molecule has 6 nitrogen and oxygen atoms in total. The molecule has 37 heavy (non-hydrogen) atoms. The van der Waals surface area contributed by atoms with E-state index < -0.39 is 22.0 Å².